The Hall–Kier alpha value is -2.84. The SMILES string of the molecule is COc1cc(C=C2SC(=S)N(C(C)C(=O)[O-])C2=O)ccc1OCc1ccccc1. The molecule has 29 heavy (non-hydrogen) atoms. The molecular weight excluding hydrogens is 410 g/mol. The Kier molecular flexibility index (Phi) is 6.56. The Balaban J connectivity index is 1.78. The van der Waals surface area contributed by atoms with E-state index in [2.05, 4.69) is 0 Å². The molecule has 0 N–H and O–H groups in total. The van der Waals surface area contributed by atoms with Crippen LogP contribution in [0.15, 0.2) is 53.4 Å². The maximum absolute atomic E-state index is 12.5. The van der Waals surface area contributed by atoms with Gasteiger partial charge in [0.1, 0.15) is 10.9 Å². The fourth-order valence-corrected chi connectivity index (χ4v) is 4.12. The van der Waals surface area contributed by atoms with E-state index in [1.165, 1.54) is 14.0 Å². The number of hydrogen-bond donors (Lipinski definition) is 0. The predicted molar refractivity (Wildman–Crippen MR) is 113 cm³/mol. The van der Waals surface area contributed by atoms with Crippen LogP contribution < -0.4 is 14.6 Å². The van der Waals surface area contributed by atoms with Crippen molar-refractivity contribution in [1.29, 1.82) is 0 Å². The van der Waals surface area contributed by atoms with Crippen molar-refractivity contribution in [3.05, 3.63) is 64.6 Å². The molecule has 6 nitrogen and oxygen atoms in total. The second-order valence-electron chi connectivity index (χ2n) is 6.23. The molecule has 0 radical (unpaired) electrons. The standard InChI is InChI=1S/C21H19NO5S2/c1-13(20(24)25)22-19(23)18(29-21(22)28)11-15-8-9-16(17(10-15)26-2)27-12-14-6-4-3-5-7-14/h3-11,13H,12H2,1-2H3,(H,24,25)/p-1. The van der Waals surface area contributed by atoms with Crippen molar-refractivity contribution < 1.29 is 24.2 Å². The second kappa shape index (κ2) is 9.11. The van der Waals surface area contributed by atoms with Gasteiger partial charge in [0.25, 0.3) is 5.91 Å². The molecule has 1 saturated heterocycles. The van der Waals surface area contributed by atoms with E-state index in [0.29, 0.717) is 28.6 Å². The van der Waals surface area contributed by atoms with Crippen LogP contribution >= 0.6 is 24.0 Å². The summed E-state index contributed by atoms with van der Waals surface area (Å²) < 4.78 is 11.4. The van der Waals surface area contributed by atoms with E-state index in [1.54, 1.807) is 24.3 Å². The highest BCUT2D eigenvalue weighted by Crippen LogP contribution is 2.35. The Morgan fingerprint density at radius 2 is 1.97 bits per heavy atom. The largest absolute Gasteiger partial charge is 0.548 e. The molecule has 8 heteroatoms. The Labute approximate surface area is 178 Å². The van der Waals surface area contributed by atoms with Crippen LogP contribution in [0.1, 0.15) is 18.1 Å². The number of methoxy groups -OCH3 is 1. The molecule has 150 valence electrons. The van der Waals surface area contributed by atoms with Gasteiger partial charge < -0.3 is 19.4 Å². The molecular formula is C21H18NO5S2-. The first-order valence-corrected chi connectivity index (χ1v) is 9.96. The first kappa shape index (κ1) is 20.9. The molecule has 1 aliphatic heterocycles. The molecule has 0 aliphatic carbocycles. The molecule has 3 rings (SSSR count). The summed E-state index contributed by atoms with van der Waals surface area (Å²) in [5, 5.41) is 11.1. The summed E-state index contributed by atoms with van der Waals surface area (Å²) in [5.74, 6) is -0.718. The zero-order chi connectivity index (χ0) is 21.0. The Morgan fingerprint density at radius 1 is 1.24 bits per heavy atom. The van der Waals surface area contributed by atoms with Gasteiger partial charge in [0, 0.05) is 0 Å². The molecule has 1 heterocycles. The molecule has 0 aromatic heterocycles. The first-order valence-electron chi connectivity index (χ1n) is 8.73. The van der Waals surface area contributed by atoms with E-state index < -0.39 is 17.9 Å². The maximum Gasteiger partial charge on any atom is 0.266 e. The number of thioether (sulfide) groups is 1. The summed E-state index contributed by atoms with van der Waals surface area (Å²) in [6.45, 7) is 1.77. The van der Waals surface area contributed by atoms with Gasteiger partial charge in [-0.3, -0.25) is 9.69 Å². The summed E-state index contributed by atoms with van der Waals surface area (Å²) in [6, 6.07) is 13.9. The number of carboxylic acids is 1. The van der Waals surface area contributed by atoms with Crippen molar-refractivity contribution in [2.75, 3.05) is 7.11 Å². The van der Waals surface area contributed by atoms with Crippen molar-refractivity contribution >= 4 is 46.3 Å². The quantitative estimate of drug-likeness (QED) is 0.495. The number of nitrogens with zero attached hydrogens (tertiary/aromatic N) is 1. The van der Waals surface area contributed by atoms with Crippen molar-refractivity contribution in [1.82, 2.24) is 4.90 Å². The van der Waals surface area contributed by atoms with Gasteiger partial charge in [-0.1, -0.05) is 60.4 Å². The summed E-state index contributed by atoms with van der Waals surface area (Å²) in [5.41, 5.74) is 1.74. The topological polar surface area (TPSA) is 78.9 Å². The molecule has 1 aliphatic rings. The molecule has 0 saturated carbocycles. The van der Waals surface area contributed by atoms with Gasteiger partial charge in [-0.25, -0.2) is 0 Å². The lowest BCUT2D eigenvalue weighted by molar-refractivity contribution is -0.309. The van der Waals surface area contributed by atoms with Crippen LogP contribution in [0.25, 0.3) is 6.08 Å². The van der Waals surface area contributed by atoms with E-state index in [4.69, 9.17) is 21.7 Å². The van der Waals surface area contributed by atoms with E-state index in [9.17, 15) is 14.7 Å². The minimum absolute atomic E-state index is 0.188. The maximum atomic E-state index is 12.5. The number of aliphatic carboxylic acids is 1. The fraction of sp³-hybridized carbons (Fsp3) is 0.190. The molecule has 1 unspecified atom stereocenters. The fourth-order valence-electron chi connectivity index (χ4n) is 2.70. The van der Waals surface area contributed by atoms with Crippen LogP contribution in [-0.4, -0.2) is 34.2 Å². The number of amides is 1. The highest BCUT2D eigenvalue weighted by atomic mass is 32.2. The number of ether oxygens (including phenoxy) is 2. The van der Waals surface area contributed by atoms with Gasteiger partial charge >= 0.3 is 0 Å². The van der Waals surface area contributed by atoms with Gasteiger partial charge in [-0.2, -0.15) is 0 Å². The normalized spacial score (nSPS) is 16.2. The summed E-state index contributed by atoms with van der Waals surface area (Å²) >= 11 is 6.20. The average molecular weight is 429 g/mol. The molecule has 1 atom stereocenters. The lowest BCUT2D eigenvalue weighted by Crippen LogP contribution is -2.48. The second-order valence-corrected chi connectivity index (χ2v) is 7.91. The number of hydrogen-bond acceptors (Lipinski definition) is 7. The molecule has 2 aromatic carbocycles. The van der Waals surface area contributed by atoms with Crippen LogP contribution in [-0.2, 0) is 16.2 Å². The van der Waals surface area contributed by atoms with E-state index >= 15 is 0 Å². The predicted octanol–water partition coefficient (Wildman–Crippen LogP) is 2.61. The summed E-state index contributed by atoms with van der Waals surface area (Å²) in [7, 11) is 1.54. The number of carbonyl (C=O) groups is 2. The lowest BCUT2D eigenvalue weighted by Gasteiger charge is -2.23. The van der Waals surface area contributed by atoms with Crippen molar-refractivity contribution in [2.45, 2.75) is 19.6 Å². The number of carbonyl (C=O) groups excluding carboxylic acids is 2. The minimum atomic E-state index is -1.36. The Bertz CT molecular complexity index is 974. The number of thiocarbonyl (C=S) groups is 1. The number of benzene rings is 2. The van der Waals surface area contributed by atoms with Gasteiger partial charge in [-0.15, -0.1) is 0 Å². The first-order chi connectivity index (χ1) is 13.9. The number of carboxylic acid groups (broad SMARTS) is 1. The molecule has 1 fully saturated rings. The molecule has 1 amide bonds. The van der Waals surface area contributed by atoms with E-state index in [0.717, 1.165) is 22.2 Å². The highest BCUT2D eigenvalue weighted by Gasteiger charge is 2.35. The van der Waals surface area contributed by atoms with E-state index in [-0.39, 0.29) is 4.32 Å². The van der Waals surface area contributed by atoms with Gasteiger partial charge in [0.05, 0.1) is 24.0 Å². The molecule has 0 spiro atoms. The number of rotatable bonds is 7. The minimum Gasteiger partial charge on any atom is -0.548 e. The Morgan fingerprint density at radius 3 is 2.62 bits per heavy atom. The smallest absolute Gasteiger partial charge is 0.266 e. The van der Waals surface area contributed by atoms with Crippen LogP contribution in [0.2, 0.25) is 0 Å². The zero-order valence-corrected chi connectivity index (χ0v) is 17.4. The summed E-state index contributed by atoms with van der Waals surface area (Å²) in [4.78, 5) is 25.0. The zero-order valence-electron chi connectivity index (χ0n) is 15.8. The van der Waals surface area contributed by atoms with Crippen molar-refractivity contribution in [3.63, 3.8) is 0 Å². The third-order valence-corrected chi connectivity index (χ3v) is 5.60. The van der Waals surface area contributed by atoms with Crippen LogP contribution in [0.5, 0.6) is 11.5 Å². The highest BCUT2D eigenvalue weighted by molar-refractivity contribution is 8.26. The van der Waals surface area contributed by atoms with Crippen molar-refractivity contribution in [2.24, 2.45) is 0 Å². The van der Waals surface area contributed by atoms with Crippen LogP contribution in [0, 0.1) is 0 Å². The monoisotopic (exact) mass is 428 g/mol. The van der Waals surface area contributed by atoms with Gasteiger partial charge in [0.2, 0.25) is 0 Å². The van der Waals surface area contributed by atoms with Crippen LogP contribution in [0.4, 0.5) is 0 Å². The van der Waals surface area contributed by atoms with Crippen LogP contribution in [0.3, 0.4) is 0 Å². The summed E-state index contributed by atoms with van der Waals surface area (Å²) in [6.07, 6.45) is 1.64. The average Bonchev–Trinajstić information content (AvgIpc) is 2.99. The van der Waals surface area contributed by atoms with E-state index in [1.807, 2.05) is 30.3 Å². The lowest BCUT2D eigenvalue weighted by atomic mass is 10.1. The molecule has 0 bridgehead atoms. The van der Waals surface area contributed by atoms with Gasteiger partial charge in [0.15, 0.2) is 11.5 Å². The van der Waals surface area contributed by atoms with Gasteiger partial charge in [-0.05, 0) is 36.3 Å². The third kappa shape index (κ3) is 4.78. The third-order valence-electron chi connectivity index (χ3n) is 4.27. The molecule has 2 aromatic rings. The van der Waals surface area contributed by atoms with Crippen molar-refractivity contribution in [3.8, 4) is 11.5 Å².